The van der Waals surface area contributed by atoms with Crippen LogP contribution in [0.3, 0.4) is 0 Å². The fourth-order valence-corrected chi connectivity index (χ4v) is 7.85. The number of anilines is 3. The van der Waals surface area contributed by atoms with Crippen molar-refractivity contribution < 1.29 is 4.42 Å². The summed E-state index contributed by atoms with van der Waals surface area (Å²) in [6, 6.07) is 71.6. The summed E-state index contributed by atoms with van der Waals surface area (Å²) in [6.45, 7) is 0. The van der Waals surface area contributed by atoms with Crippen molar-refractivity contribution in [1.82, 2.24) is 0 Å². The number of nitrogens with zero attached hydrogens (tertiary/aromatic N) is 1. The van der Waals surface area contributed by atoms with Gasteiger partial charge in [-0.2, -0.15) is 0 Å². The van der Waals surface area contributed by atoms with Crippen LogP contribution in [0.1, 0.15) is 0 Å². The minimum Gasteiger partial charge on any atom is -0.456 e. The van der Waals surface area contributed by atoms with E-state index >= 15 is 0 Å². The molecule has 0 amide bonds. The van der Waals surface area contributed by atoms with E-state index in [0.29, 0.717) is 0 Å². The van der Waals surface area contributed by atoms with Crippen LogP contribution in [0.2, 0.25) is 0 Å². The zero-order valence-corrected chi connectivity index (χ0v) is 28.4. The molecule has 1 heterocycles. The first-order valence-electron chi connectivity index (χ1n) is 17.8. The monoisotopic (exact) mass is 663 g/mol. The van der Waals surface area contributed by atoms with Crippen LogP contribution >= 0.6 is 0 Å². The Balaban J connectivity index is 1.11. The van der Waals surface area contributed by atoms with Crippen LogP contribution in [-0.4, -0.2) is 0 Å². The number of furan rings is 1. The molecule has 0 spiro atoms. The molecule has 9 aromatic carbocycles. The normalized spacial score (nSPS) is 11.5. The molecule has 0 saturated carbocycles. The summed E-state index contributed by atoms with van der Waals surface area (Å²) in [5.41, 5.74) is 12.3. The van der Waals surface area contributed by atoms with Gasteiger partial charge in [-0.3, -0.25) is 0 Å². The molecule has 10 rings (SSSR count). The molecule has 0 N–H and O–H groups in total. The van der Waals surface area contributed by atoms with Gasteiger partial charge in [0.05, 0.1) is 11.1 Å². The average molecular weight is 664 g/mol. The number of rotatable bonds is 6. The van der Waals surface area contributed by atoms with Gasteiger partial charge < -0.3 is 9.32 Å². The number of fused-ring (bicyclic) bond motifs is 5. The van der Waals surface area contributed by atoms with Crippen LogP contribution in [0.15, 0.2) is 205 Å². The van der Waals surface area contributed by atoms with E-state index in [4.69, 9.17) is 4.42 Å². The minimum atomic E-state index is 0.873. The van der Waals surface area contributed by atoms with E-state index in [-0.39, 0.29) is 0 Å². The standard InChI is InChI=1S/C50H33NO/c1-2-12-34(13-3-1)42-32-33-43(45-18-7-6-17-44(42)45)37-26-30-39(31-27-37)51(47-21-11-23-49-50(47)46-19-8-9-22-48(46)52-49)38-28-24-36(25-29-38)41-20-10-15-35-14-4-5-16-40(35)41/h1-33H. The highest BCUT2D eigenvalue weighted by Gasteiger charge is 2.20. The molecule has 0 radical (unpaired) electrons. The summed E-state index contributed by atoms with van der Waals surface area (Å²) >= 11 is 0. The van der Waals surface area contributed by atoms with Crippen molar-refractivity contribution in [3.63, 3.8) is 0 Å². The van der Waals surface area contributed by atoms with Crippen molar-refractivity contribution in [2.75, 3.05) is 4.90 Å². The molecule has 0 unspecified atom stereocenters. The van der Waals surface area contributed by atoms with Crippen LogP contribution in [0.25, 0.3) is 76.9 Å². The largest absolute Gasteiger partial charge is 0.456 e. The highest BCUT2D eigenvalue weighted by Crippen LogP contribution is 2.44. The highest BCUT2D eigenvalue weighted by molar-refractivity contribution is 6.13. The second kappa shape index (κ2) is 12.5. The predicted molar refractivity (Wildman–Crippen MR) is 220 cm³/mol. The van der Waals surface area contributed by atoms with Crippen LogP contribution in [-0.2, 0) is 0 Å². The average Bonchev–Trinajstić information content (AvgIpc) is 3.61. The lowest BCUT2D eigenvalue weighted by Gasteiger charge is -2.27. The van der Waals surface area contributed by atoms with Crippen molar-refractivity contribution in [2.45, 2.75) is 0 Å². The molecule has 0 atom stereocenters. The third kappa shape index (κ3) is 5.04. The maximum absolute atomic E-state index is 6.37. The first-order valence-corrected chi connectivity index (χ1v) is 17.8. The SMILES string of the molecule is c1ccc(-c2ccc(-c3ccc(N(c4ccc(-c5cccc6ccccc56)cc4)c4cccc5oc6ccccc6c45)cc3)c3ccccc23)cc1. The fourth-order valence-electron chi connectivity index (χ4n) is 7.85. The molecule has 0 fully saturated rings. The Kier molecular flexibility index (Phi) is 7.18. The van der Waals surface area contributed by atoms with Crippen molar-refractivity contribution >= 4 is 60.5 Å². The minimum absolute atomic E-state index is 0.873. The zero-order valence-electron chi connectivity index (χ0n) is 28.4. The van der Waals surface area contributed by atoms with Crippen LogP contribution in [0, 0.1) is 0 Å². The van der Waals surface area contributed by atoms with Crippen molar-refractivity contribution in [1.29, 1.82) is 0 Å². The Morgan fingerprint density at radius 1 is 0.308 bits per heavy atom. The summed E-state index contributed by atoms with van der Waals surface area (Å²) in [6.07, 6.45) is 0. The molecule has 0 aliphatic carbocycles. The Morgan fingerprint density at radius 3 is 1.46 bits per heavy atom. The van der Waals surface area contributed by atoms with E-state index in [1.165, 1.54) is 54.9 Å². The van der Waals surface area contributed by atoms with Gasteiger partial charge in [-0.15, -0.1) is 0 Å². The molecular formula is C50H33NO. The fraction of sp³-hybridized carbons (Fsp3) is 0. The third-order valence-corrected chi connectivity index (χ3v) is 10.3. The summed E-state index contributed by atoms with van der Waals surface area (Å²) in [5, 5.41) is 7.19. The van der Waals surface area contributed by atoms with E-state index in [0.717, 1.165) is 39.0 Å². The van der Waals surface area contributed by atoms with Gasteiger partial charge in [-0.1, -0.05) is 158 Å². The Morgan fingerprint density at radius 2 is 0.788 bits per heavy atom. The van der Waals surface area contributed by atoms with Crippen LogP contribution < -0.4 is 4.90 Å². The lowest BCUT2D eigenvalue weighted by molar-refractivity contribution is 0.669. The second-order valence-electron chi connectivity index (χ2n) is 13.3. The summed E-state index contributed by atoms with van der Waals surface area (Å²) in [5.74, 6) is 0. The Labute approximate surface area is 302 Å². The first-order chi connectivity index (χ1) is 25.8. The van der Waals surface area contributed by atoms with E-state index in [9.17, 15) is 0 Å². The molecule has 0 aliphatic rings. The summed E-state index contributed by atoms with van der Waals surface area (Å²) < 4.78 is 6.37. The Bertz CT molecular complexity index is 2880. The maximum Gasteiger partial charge on any atom is 0.137 e. The topological polar surface area (TPSA) is 16.4 Å². The molecule has 1 aromatic heterocycles. The molecule has 244 valence electrons. The van der Waals surface area contributed by atoms with Gasteiger partial charge in [0.2, 0.25) is 0 Å². The van der Waals surface area contributed by atoms with E-state index in [1.54, 1.807) is 0 Å². The van der Waals surface area contributed by atoms with Crippen LogP contribution in [0.4, 0.5) is 17.1 Å². The number of benzene rings is 9. The zero-order chi connectivity index (χ0) is 34.4. The van der Waals surface area contributed by atoms with E-state index in [1.807, 2.05) is 12.1 Å². The molecular weight excluding hydrogens is 631 g/mol. The lowest BCUT2D eigenvalue weighted by Crippen LogP contribution is -2.10. The lowest BCUT2D eigenvalue weighted by atomic mass is 9.92. The van der Waals surface area contributed by atoms with Gasteiger partial charge >= 0.3 is 0 Å². The number of hydrogen-bond donors (Lipinski definition) is 0. The summed E-state index contributed by atoms with van der Waals surface area (Å²) in [7, 11) is 0. The maximum atomic E-state index is 6.37. The molecule has 0 aliphatic heterocycles. The van der Waals surface area contributed by atoms with Gasteiger partial charge in [0, 0.05) is 16.8 Å². The smallest absolute Gasteiger partial charge is 0.137 e. The molecule has 0 bridgehead atoms. The number of hydrogen-bond acceptors (Lipinski definition) is 2. The van der Waals surface area contributed by atoms with Gasteiger partial charge in [-0.25, -0.2) is 0 Å². The van der Waals surface area contributed by atoms with Gasteiger partial charge in [-0.05, 0) is 97.4 Å². The third-order valence-electron chi connectivity index (χ3n) is 10.3. The van der Waals surface area contributed by atoms with Gasteiger partial charge in [0.1, 0.15) is 11.2 Å². The predicted octanol–water partition coefficient (Wildman–Crippen LogP) is 14.4. The van der Waals surface area contributed by atoms with Crippen molar-refractivity contribution in [3.05, 3.63) is 200 Å². The molecule has 52 heavy (non-hydrogen) atoms. The second-order valence-corrected chi connectivity index (χ2v) is 13.3. The molecule has 2 heteroatoms. The highest BCUT2D eigenvalue weighted by atomic mass is 16.3. The quantitative estimate of drug-likeness (QED) is 0.176. The van der Waals surface area contributed by atoms with E-state index < -0.39 is 0 Å². The summed E-state index contributed by atoms with van der Waals surface area (Å²) in [4.78, 5) is 2.36. The van der Waals surface area contributed by atoms with E-state index in [2.05, 4.69) is 193 Å². The molecule has 10 aromatic rings. The molecule has 2 nitrogen and oxygen atoms in total. The van der Waals surface area contributed by atoms with Crippen molar-refractivity contribution in [3.8, 4) is 33.4 Å². The number of para-hydroxylation sites is 1. The van der Waals surface area contributed by atoms with Crippen LogP contribution in [0.5, 0.6) is 0 Å². The molecule has 0 saturated heterocycles. The van der Waals surface area contributed by atoms with Gasteiger partial charge in [0.15, 0.2) is 0 Å². The Hall–Kier alpha value is -6.90. The van der Waals surface area contributed by atoms with Gasteiger partial charge in [0.25, 0.3) is 0 Å². The van der Waals surface area contributed by atoms with Crippen molar-refractivity contribution in [2.24, 2.45) is 0 Å². The first kappa shape index (κ1) is 30.0.